The van der Waals surface area contributed by atoms with Crippen molar-refractivity contribution in [3.8, 4) is 11.4 Å². The monoisotopic (exact) mass is 443 g/mol. The van der Waals surface area contributed by atoms with Gasteiger partial charge in [-0.05, 0) is 25.5 Å². The van der Waals surface area contributed by atoms with Gasteiger partial charge in [-0.25, -0.2) is 4.98 Å². The molecule has 2 N–H and O–H groups in total. The van der Waals surface area contributed by atoms with Gasteiger partial charge in [-0.15, -0.1) is 23.1 Å². The van der Waals surface area contributed by atoms with Crippen LogP contribution in [0.25, 0.3) is 11.4 Å². The number of hydrogen-bond acceptors (Lipinski definition) is 6. The lowest BCUT2D eigenvalue weighted by atomic mass is 10.1. The highest BCUT2D eigenvalue weighted by atomic mass is 32.2. The third-order valence-corrected chi connectivity index (χ3v) is 6.62. The van der Waals surface area contributed by atoms with Gasteiger partial charge in [0.1, 0.15) is 0 Å². The molecule has 0 saturated carbocycles. The molecule has 0 unspecified atom stereocenters. The quantitative estimate of drug-likeness (QED) is 0.401. The van der Waals surface area contributed by atoms with E-state index >= 15 is 0 Å². The van der Waals surface area contributed by atoms with Gasteiger partial charge in [0.25, 0.3) is 5.91 Å². The second-order valence-corrected chi connectivity index (χ2v) is 9.02. The molecule has 1 amide bonds. The number of amides is 1. The Morgan fingerprint density at radius 1 is 1.27 bits per heavy atom. The molecule has 3 rings (SSSR count). The highest BCUT2D eigenvalue weighted by molar-refractivity contribution is 7.99. The zero-order valence-corrected chi connectivity index (χ0v) is 18.9. The van der Waals surface area contributed by atoms with E-state index in [2.05, 4.69) is 34.4 Å². The summed E-state index contributed by atoms with van der Waals surface area (Å²) in [4.78, 5) is 27.9. The summed E-state index contributed by atoms with van der Waals surface area (Å²) in [5.74, 6) is 0.474. The normalized spacial score (nSPS) is 10.9. The first kappa shape index (κ1) is 22.1. The van der Waals surface area contributed by atoms with Crippen LogP contribution in [0.1, 0.15) is 32.2 Å². The van der Waals surface area contributed by atoms with E-state index in [0.29, 0.717) is 17.9 Å². The number of primary amides is 1. The van der Waals surface area contributed by atoms with Crippen LogP contribution in [-0.4, -0.2) is 40.0 Å². The van der Waals surface area contributed by atoms with Crippen LogP contribution in [0, 0.1) is 13.8 Å². The van der Waals surface area contributed by atoms with E-state index in [1.165, 1.54) is 24.4 Å². The minimum absolute atomic E-state index is 0.219. The third-order valence-electron chi connectivity index (χ3n) is 4.78. The number of aromatic nitrogens is 2. The van der Waals surface area contributed by atoms with Gasteiger partial charge < -0.3 is 15.0 Å². The molecule has 2 aromatic heterocycles. The summed E-state index contributed by atoms with van der Waals surface area (Å²) in [5, 5.41) is 3.00. The van der Waals surface area contributed by atoms with Crippen LogP contribution < -0.4 is 5.73 Å². The Morgan fingerprint density at radius 2 is 2.07 bits per heavy atom. The van der Waals surface area contributed by atoms with E-state index in [1.54, 1.807) is 11.3 Å². The highest BCUT2D eigenvalue weighted by Crippen LogP contribution is 2.28. The summed E-state index contributed by atoms with van der Waals surface area (Å²) in [6.45, 7) is 4.61. The van der Waals surface area contributed by atoms with Crippen molar-refractivity contribution in [1.29, 1.82) is 0 Å². The van der Waals surface area contributed by atoms with Crippen LogP contribution in [0.2, 0.25) is 0 Å². The molecule has 0 saturated heterocycles. The Labute approximate surface area is 184 Å². The number of thiazole rings is 1. The number of ether oxygens (including phenoxy) is 1. The molecule has 0 atom stereocenters. The molecule has 6 nitrogen and oxygen atoms in total. The average Bonchev–Trinajstić information content (AvgIpc) is 3.30. The van der Waals surface area contributed by atoms with Crippen LogP contribution >= 0.6 is 23.1 Å². The molecule has 0 bridgehead atoms. The van der Waals surface area contributed by atoms with Gasteiger partial charge in [0.05, 0.1) is 34.8 Å². The van der Waals surface area contributed by atoms with Gasteiger partial charge in [0.2, 0.25) is 0 Å². The maximum Gasteiger partial charge on any atom is 0.315 e. The first-order chi connectivity index (χ1) is 14.4. The number of nitrogens with two attached hydrogens (primary N) is 1. The summed E-state index contributed by atoms with van der Waals surface area (Å²) in [6, 6.07) is 10.1. The lowest BCUT2D eigenvalue weighted by Crippen LogP contribution is -2.12. The number of esters is 1. The molecule has 0 radical (unpaired) electrons. The standard InChI is InChI=1S/C22H25N3O3S2/c1-14-5-4-6-16(9-14)11-25-15(2)17(22(23)27)10-19(25)18-12-30-20(24-18)7-8-29-13-21(26)28-3/h4-6,9-10,12H,7-8,11,13H2,1-3H3,(H2,23,27). The van der Waals surface area contributed by atoms with Crippen molar-refractivity contribution in [3.05, 3.63) is 63.1 Å². The zero-order valence-electron chi connectivity index (χ0n) is 17.3. The van der Waals surface area contributed by atoms with Crippen molar-refractivity contribution < 1.29 is 14.3 Å². The predicted octanol–water partition coefficient (Wildman–Crippen LogP) is 3.82. The number of benzene rings is 1. The fourth-order valence-corrected chi connectivity index (χ4v) is 4.91. The molecule has 0 aliphatic heterocycles. The summed E-state index contributed by atoms with van der Waals surface area (Å²) < 4.78 is 6.75. The van der Waals surface area contributed by atoms with Crippen molar-refractivity contribution in [2.75, 3.05) is 18.6 Å². The molecule has 0 spiro atoms. The van der Waals surface area contributed by atoms with Crippen molar-refractivity contribution >= 4 is 35.0 Å². The Kier molecular flexibility index (Phi) is 7.33. The molecule has 0 fully saturated rings. The average molecular weight is 444 g/mol. The number of hydrogen-bond donors (Lipinski definition) is 1. The first-order valence-electron chi connectivity index (χ1n) is 9.54. The maximum absolute atomic E-state index is 11.9. The van der Waals surface area contributed by atoms with Crippen LogP contribution in [0.5, 0.6) is 0 Å². The van der Waals surface area contributed by atoms with Gasteiger partial charge >= 0.3 is 5.97 Å². The molecule has 8 heteroatoms. The molecule has 0 aliphatic carbocycles. The SMILES string of the molecule is COC(=O)CSCCc1nc(-c2cc(C(N)=O)c(C)n2Cc2cccc(C)c2)cs1. The zero-order chi connectivity index (χ0) is 21.7. The van der Waals surface area contributed by atoms with Crippen molar-refractivity contribution in [1.82, 2.24) is 9.55 Å². The Morgan fingerprint density at radius 3 is 2.77 bits per heavy atom. The minimum atomic E-state index is -0.439. The van der Waals surface area contributed by atoms with Crippen LogP contribution in [0.3, 0.4) is 0 Å². The Hall–Kier alpha value is -2.58. The third kappa shape index (κ3) is 5.31. The summed E-state index contributed by atoms with van der Waals surface area (Å²) in [7, 11) is 1.39. The second-order valence-electron chi connectivity index (χ2n) is 6.97. The number of carbonyl (C=O) groups excluding carboxylic acids is 2. The Bertz CT molecular complexity index is 1060. The van der Waals surface area contributed by atoms with Crippen molar-refractivity contribution in [2.24, 2.45) is 5.73 Å². The largest absolute Gasteiger partial charge is 0.468 e. The second kappa shape index (κ2) is 9.95. The number of methoxy groups -OCH3 is 1. The van der Waals surface area contributed by atoms with Crippen LogP contribution in [-0.2, 0) is 22.5 Å². The topological polar surface area (TPSA) is 87.2 Å². The molecule has 1 aromatic carbocycles. The summed E-state index contributed by atoms with van der Waals surface area (Å²) >= 11 is 3.11. The van der Waals surface area contributed by atoms with Gasteiger partial charge in [0.15, 0.2) is 0 Å². The molecular formula is C22H25N3O3S2. The highest BCUT2D eigenvalue weighted by Gasteiger charge is 2.19. The molecule has 158 valence electrons. The maximum atomic E-state index is 11.9. The van der Waals surface area contributed by atoms with Gasteiger partial charge in [-0.2, -0.15) is 0 Å². The van der Waals surface area contributed by atoms with E-state index in [-0.39, 0.29) is 5.97 Å². The molecule has 30 heavy (non-hydrogen) atoms. The van der Waals surface area contributed by atoms with E-state index in [1.807, 2.05) is 24.4 Å². The molecule has 2 heterocycles. The van der Waals surface area contributed by atoms with Gasteiger partial charge in [-0.3, -0.25) is 9.59 Å². The number of aryl methyl sites for hydroxylation is 2. The van der Waals surface area contributed by atoms with Crippen molar-refractivity contribution in [2.45, 2.75) is 26.8 Å². The smallest absolute Gasteiger partial charge is 0.315 e. The summed E-state index contributed by atoms with van der Waals surface area (Å²) in [6.07, 6.45) is 0.770. The fraction of sp³-hybridized carbons (Fsp3) is 0.318. The molecule has 0 aliphatic rings. The van der Waals surface area contributed by atoms with Gasteiger partial charge in [0, 0.05) is 29.8 Å². The van der Waals surface area contributed by atoms with Crippen molar-refractivity contribution in [3.63, 3.8) is 0 Å². The predicted molar refractivity (Wildman–Crippen MR) is 122 cm³/mol. The van der Waals surface area contributed by atoms with Crippen LogP contribution in [0.4, 0.5) is 0 Å². The Balaban J connectivity index is 1.83. The van der Waals surface area contributed by atoms with E-state index in [0.717, 1.165) is 39.8 Å². The number of thioether (sulfide) groups is 1. The fourth-order valence-electron chi connectivity index (χ4n) is 3.22. The van der Waals surface area contributed by atoms with E-state index in [9.17, 15) is 9.59 Å². The number of carbonyl (C=O) groups is 2. The van der Waals surface area contributed by atoms with Gasteiger partial charge in [-0.1, -0.05) is 29.8 Å². The lowest BCUT2D eigenvalue weighted by Gasteiger charge is -2.11. The van der Waals surface area contributed by atoms with E-state index in [4.69, 9.17) is 10.7 Å². The lowest BCUT2D eigenvalue weighted by molar-refractivity contribution is -0.137. The minimum Gasteiger partial charge on any atom is -0.468 e. The summed E-state index contributed by atoms with van der Waals surface area (Å²) in [5.41, 5.74) is 11.0. The first-order valence-corrected chi connectivity index (χ1v) is 11.6. The van der Waals surface area contributed by atoms with Crippen LogP contribution in [0.15, 0.2) is 35.7 Å². The number of rotatable bonds is 9. The number of nitrogens with zero attached hydrogens (tertiary/aromatic N) is 2. The van der Waals surface area contributed by atoms with E-state index < -0.39 is 5.91 Å². The molecular weight excluding hydrogens is 418 g/mol. The molecule has 3 aromatic rings.